The van der Waals surface area contributed by atoms with Crippen LogP contribution in [0.4, 0.5) is 0 Å². The zero-order valence-corrected chi connectivity index (χ0v) is 11.0. The van der Waals surface area contributed by atoms with Gasteiger partial charge >= 0.3 is 5.69 Å². The van der Waals surface area contributed by atoms with Gasteiger partial charge in [0.1, 0.15) is 18.3 Å². The van der Waals surface area contributed by atoms with E-state index in [1.54, 1.807) is 0 Å². The quantitative estimate of drug-likeness (QED) is 0.400. The summed E-state index contributed by atoms with van der Waals surface area (Å²) in [5, 5.41) is 28.6. The van der Waals surface area contributed by atoms with Crippen LogP contribution in [-0.4, -0.2) is 56.3 Å². The van der Waals surface area contributed by atoms with Crippen molar-refractivity contribution in [2.24, 2.45) is 5.73 Å². The second kappa shape index (κ2) is 6.33. The predicted molar refractivity (Wildman–Crippen MR) is 72.4 cm³/mol. The highest BCUT2D eigenvalue weighted by atomic mass is 16.6. The second-order valence-electron chi connectivity index (χ2n) is 4.62. The lowest BCUT2D eigenvalue weighted by Gasteiger charge is -2.17. The number of aliphatic hydroxyl groups is 3. The summed E-state index contributed by atoms with van der Waals surface area (Å²) in [5.41, 5.74) is 4.05. The lowest BCUT2D eigenvalue weighted by molar-refractivity contribution is -0.0550. The van der Waals surface area contributed by atoms with E-state index in [1.807, 2.05) is 0 Å². The number of H-pyrrole nitrogens is 1. The minimum atomic E-state index is -1.41. The molecule has 1 aromatic heterocycles. The number of aliphatic hydroxyl groups excluding tert-OH is 3. The first-order chi connectivity index (χ1) is 9.99. The van der Waals surface area contributed by atoms with Gasteiger partial charge in [-0.1, -0.05) is 12.2 Å². The lowest BCUT2D eigenvalue weighted by Crippen LogP contribution is -2.38. The van der Waals surface area contributed by atoms with Crippen LogP contribution in [0.1, 0.15) is 11.8 Å². The van der Waals surface area contributed by atoms with Crippen LogP contribution in [0.5, 0.6) is 0 Å². The highest BCUT2D eigenvalue weighted by Gasteiger charge is 2.43. The van der Waals surface area contributed by atoms with E-state index < -0.39 is 42.4 Å². The third kappa shape index (κ3) is 2.96. The van der Waals surface area contributed by atoms with E-state index in [-0.39, 0.29) is 12.1 Å². The number of nitrogens with zero attached hydrogens (tertiary/aromatic N) is 1. The van der Waals surface area contributed by atoms with Crippen molar-refractivity contribution in [2.45, 2.75) is 24.5 Å². The molecule has 9 nitrogen and oxygen atoms in total. The molecular weight excluding hydrogens is 282 g/mol. The van der Waals surface area contributed by atoms with E-state index in [0.717, 1.165) is 4.57 Å². The van der Waals surface area contributed by atoms with Gasteiger partial charge in [0.05, 0.1) is 12.2 Å². The molecule has 1 aliphatic heterocycles. The first kappa shape index (κ1) is 15.6. The summed E-state index contributed by atoms with van der Waals surface area (Å²) in [7, 11) is 0. The molecule has 0 aromatic carbocycles. The standard InChI is InChI=1S/C12H17N3O6/c13-3-1-2-6-4-15(12(20)14-10(6)19)11-9(18)8(17)7(5-16)21-11/h1-2,4,7-9,11,16-18H,3,5,13H2,(H,14,19,20). The van der Waals surface area contributed by atoms with E-state index in [0.29, 0.717) is 0 Å². The normalized spacial score (nSPS) is 29.3. The third-order valence-electron chi connectivity index (χ3n) is 3.22. The molecule has 116 valence electrons. The summed E-state index contributed by atoms with van der Waals surface area (Å²) in [6.07, 6.45) is -0.794. The Hall–Kier alpha value is -1.78. The molecule has 0 radical (unpaired) electrons. The van der Waals surface area contributed by atoms with Crippen LogP contribution >= 0.6 is 0 Å². The third-order valence-corrected chi connectivity index (χ3v) is 3.22. The number of rotatable bonds is 4. The Morgan fingerprint density at radius 2 is 2.10 bits per heavy atom. The number of hydrogen-bond donors (Lipinski definition) is 5. The van der Waals surface area contributed by atoms with Crippen LogP contribution in [0.25, 0.3) is 6.08 Å². The molecule has 1 aromatic rings. The van der Waals surface area contributed by atoms with Crippen LogP contribution < -0.4 is 17.0 Å². The largest absolute Gasteiger partial charge is 0.394 e. The Bertz CT molecular complexity index is 637. The van der Waals surface area contributed by atoms with Crippen LogP contribution in [0.15, 0.2) is 21.9 Å². The van der Waals surface area contributed by atoms with Crippen LogP contribution in [0, 0.1) is 0 Å². The maximum Gasteiger partial charge on any atom is 0.330 e. The first-order valence-electron chi connectivity index (χ1n) is 6.34. The number of nitrogens with two attached hydrogens (primary N) is 1. The van der Waals surface area contributed by atoms with Gasteiger partial charge in [0.2, 0.25) is 0 Å². The van der Waals surface area contributed by atoms with E-state index >= 15 is 0 Å². The maximum atomic E-state index is 11.8. The van der Waals surface area contributed by atoms with Crippen molar-refractivity contribution in [3.63, 3.8) is 0 Å². The zero-order chi connectivity index (χ0) is 15.6. The summed E-state index contributed by atoms with van der Waals surface area (Å²) in [4.78, 5) is 25.5. The number of aromatic amines is 1. The molecule has 4 atom stereocenters. The van der Waals surface area contributed by atoms with Gasteiger partial charge in [-0.15, -0.1) is 0 Å². The first-order valence-corrected chi connectivity index (χ1v) is 6.34. The lowest BCUT2D eigenvalue weighted by atomic mass is 10.1. The van der Waals surface area contributed by atoms with E-state index in [9.17, 15) is 19.8 Å². The van der Waals surface area contributed by atoms with E-state index in [2.05, 4.69) is 4.98 Å². The summed E-state index contributed by atoms with van der Waals surface area (Å²) >= 11 is 0. The van der Waals surface area contributed by atoms with Crippen molar-refractivity contribution in [1.29, 1.82) is 0 Å². The molecule has 21 heavy (non-hydrogen) atoms. The van der Waals surface area contributed by atoms with Crippen molar-refractivity contribution in [2.75, 3.05) is 13.2 Å². The Morgan fingerprint density at radius 1 is 1.38 bits per heavy atom. The maximum absolute atomic E-state index is 11.8. The molecule has 9 heteroatoms. The number of hydrogen-bond acceptors (Lipinski definition) is 7. The Kier molecular flexibility index (Phi) is 4.70. The summed E-state index contributed by atoms with van der Waals surface area (Å²) in [6.45, 7) is -0.292. The van der Waals surface area contributed by atoms with Crippen molar-refractivity contribution in [3.8, 4) is 0 Å². The van der Waals surface area contributed by atoms with E-state index in [1.165, 1.54) is 18.3 Å². The minimum absolute atomic E-state index is 0.151. The van der Waals surface area contributed by atoms with Crippen molar-refractivity contribution < 1.29 is 20.1 Å². The molecule has 0 saturated carbocycles. The van der Waals surface area contributed by atoms with Crippen molar-refractivity contribution in [3.05, 3.63) is 38.7 Å². The van der Waals surface area contributed by atoms with Crippen molar-refractivity contribution in [1.82, 2.24) is 9.55 Å². The fraction of sp³-hybridized carbons (Fsp3) is 0.500. The fourth-order valence-electron chi connectivity index (χ4n) is 2.11. The number of aromatic nitrogens is 2. The predicted octanol–water partition coefficient (Wildman–Crippen LogP) is -2.88. The highest BCUT2D eigenvalue weighted by Crippen LogP contribution is 2.27. The molecule has 0 amide bonds. The zero-order valence-electron chi connectivity index (χ0n) is 11.0. The van der Waals surface area contributed by atoms with Gasteiger partial charge in [-0.25, -0.2) is 4.79 Å². The molecule has 4 unspecified atom stereocenters. The summed E-state index contributed by atoms with van der Waals surface area (Å²) in [6, 6.07) is 0. The monoisotopic (exact) mass is 299 g/mol. The highest BCUT2D eigenvalue weighted by molar-refractivity contribution is 5.46. The van der Waals surface area contributed by atoms with Gasteiger partial charge in [0, 0.05) is 12.7 Å². The van der Waals surface area contributed by atoms with E-state index in [4.69, 9.17) is 15.6 Å². The van der Waals surface area contributed by atoms with Gasteiger partial charge in [0.25, 0.3) is 5.56 Å². The summed E-state index contributed by atoms with van der Waals surface area (Å²) < 4.78 is 6.20. The number of ether oxygens (including phenoxy) is 1. The average Bonchev–Trinajstić information content (AvgIpc) is 2.74. The van der Waals surface area contributed by atoms with Gasteiger partial charge in [0.15, 0.2) is 6.23 Å². The molecule has 1 aliphatic rings. The molecule has 2 rings (SSSR count). The molecule has 0 bridgehead atoms. The fourth-order valence-corrected chi connectivity index (χ4v) is 2.11. The van der Waals surface area contributed by atoms with Crippen LogP contribution in [0.2, 0.25) is 0 Å². The van der Waals surface area contributed by atoms with Crippen LogP contribution in [0.3, 0.4) is 0 Å². The minimum Gasteiger partial charge on any atom is -0.394 e. The van der Waals surface area contributed by atoms with Crippen molar-refractivity contribution >= 4 is 6.08 Å². The molecule has 0 aliphatic carbocycles. The number of nitrogens with one attached hydrogen (secondary N) is 1. The Balaban J connectivity index is 2.42. The molecule has 0 spiro atoms. The Labute approximate surface area is 118 Å². The smallest absolute Gasteiger partial charge is 0.330 e. The molecule has 1 saturated heterocycles. The Morgan fingerprint density at radius 3 is 2.67 bits per heavy atom. The molecule has 6 N–H and O–H groups in total. The molecule has 1 fully saturated rings. The SMILES string of the molecule is NCC=Cc1cn(C2OC(CO)C(O)C2O)c(=O)[nH]c1=O. The summed E-state index contributed by atoms with van der Waals surface area (Å²) in [5.74, 6) is 0. The topological polar surface area (TPSA) is 151 Å². The van der Waals surface area contributed by atoms with Crippen LogP contribution in [-0.2, 0) is 4.74 Å². The molecule has 2 heterocycles. The van der Waals surface area contributed by atoms with Gasteiger partial charge in [-0.2, -0.15) is 0 Å². The van der Waals surface area contributed by atoms with Gasteiger partial charge < -0.3 is 25.8 Å². The van der Waals surface area contributed by atoms with Gasteiger partial charge in [-0.05, 0) is 0 Å². The second-order valence-corrected chi connectivity index (χ2v) is 4.62. The average molecular weight is 299 g/mol. The van der Waals surface area contributed by atoms with Gasteiger partial charge in [-0.3, -0.25) is 14.3 Å². The molecular formula is C12H17N3O6.